The predicted molar refractivity (Wildman–Crippen MR) is 166 cm³/mol. The van der Waals surface area contributed by atoms with Gasteiger partial charge < -0.3 is 20.5 Å². The molecule has 0 saturated heterocycles. The highest BCUT2D eigenvalue weighted by Gasteiger charge is 2.42. The van der Waals surface area contributed by atoms with E-state index >= 15 is 0 Å². The fraction of sp³-hybridized carbons (Fsp3) is 0.677. The number of carbonyl (C=O) groups is 3. The molecule has 0 spiro atoms. The molecule has 1 aromatic rings. The molecular formula is C31H50N3O8S+. The van der Waals surface area contributed by atoms with Crippen LogP contribution < -0.4 is 10.6 Å². The summed E-state index contributed by atoms with van der Waals surface area (Å²) in [6.45, 7) is 13.6. The fourth-order valence-electron chi connectivity index (χ4n) is 5.14. The van der Waals surface area contributed by atoms with Gasteiger partial charge in [-0.3, -0.25) is 9.59 Å². The molecule has 1 aromatic carbocycles. The third-order valence-electron chi connectivity index (χ3n) is 7.71. The maximum absolute atomic E-state index is 12.6. The Hall–Kier alpha value is -2.67. The van der Waals surface area contributed by atoms with Crippen molar-refractivity contribution in [3.8, 4) is 0 Å². The van der Waals surface area contributed by atoms with Crippen molar-refractivity contribution in [2.45, 2.75) is 115 Å². The maximum Gasteiger partial charge on any atom is 0.407 e. The highest BCUT2D eigenvalue weighted by molar-refractivity contribution is 7.94. The topological polar surface area (TPSA) is 146 Å². The number of hydrogen-bond acceptors (Lipinski definition) is 8. The quantitative estimate of drug-likeness (QED) is 0.0454. The summed E-state index contributed by atoms with van der Waals surface area (Å²) < 4.78 is 12.3. The molecule has 12 heteroatoms. The van der Waals surface area contributed by atoms with Gasteiger partial charge in [-0.1, -0.05) is 17.9 Å². The molecular weight excluding hydrogens is 574 g/mol. The Balaban J connectivity index is 1.79. The number of hydrogen-bond donors (Lipinski definition) is 4. The summed E-state index contributed by atoms with van der Waals surface area (Å²) in [6, 6.07) is 6.05. The summed E-state index contributed by atoms with van der Waals surface area (Å²) >= 11 is 0.953. The van der Waals surface area contributed by atoms with Gasteiger partial charge in [-0.15, -0.1) is 4.33 Å². The number of nitrogens with zero attached hydrogens (tertiary/aromatic N) is 1. The van der Waals surface area contributed by atoms with Gasteiger partial charge in [-0.05, 0) is 78.4 Å². The molecule has 0 bridgehead atoms. The summed E-state index contributed by atoms with van der Waals surface area (Å²) in [7, 11) is 0. The van der Waals surface area contributed by atoms with E-state index in [2.05, 4.69) is 57.5 Å². The highest BCUT2D eigenvalue weighted by atomic mass is 32.2. The second-order valence-electron chi connectivity index (χ2n) is 12.6. The van der Waals surface area contributed by atoms with E-state index in [9.17, 15) is 14.4 Å². The molecule has 2 amide bonds. The van der Waals surface area contributed by atoms with Crippen LogP contribution in [0.4, 0.5) is 10.5 Å². The minimum atomic E-state index is -0.799. The average Bonchev–Trinajstić information content (AvgIpc) is 3.11. The number of alkyl carbamates (subject to hydrolysis) is 1. The number of unbranched alkanes of at least 4 members (excludes halogenated alkanes) is 4. The molecule has 4 N–H and O–H groups in total. The summed E-state index contributed by atoms with van der Waals surface area (Å²) in [5, 5.41) is 26.8. The van der Waals surface area contributed by atoms with Gasteiger partial charge in [0.15, 0.2) is 5.71 Å². The first-order valence-electron chi connectivity index (χ1n) is 15.1. The number of carbonyl (C=O) groups excluding carboxylic acids is 2. The first-order valence-corrected chi connectivity index (χ1v) is 15.8. The molecule has 1 atom stereocenters. The Kier molecular flexibility index (Phi) is 14.9. The fourth-order valence-corrected chi connectivity index (χ4v) is 5.54. The average molecular weight is 625 g/mol. The van der Waals surface area contributed by atoms with Crippen LogP contribution in [0.2, 0.25) is 0 Å². The minimum absolute atomic E-state index is 0.0114. The van der Waals surface area contributed by atoms with Crippen LogP contribution in [0.3, 0.4) is 0 Å². The molecule has 0 aliphatic carbocycles. The van der Waals surface area contributed by atoms with Crippen molar-refractivity contribution in [1.82, 2.24) is 10.6 Å². The molecule has 11 nitrogen and oxygen atoms in total. The largest absolute Gasteiger partial charge is 0.481 e. The lowest BCUT2D eigenvalue weighted by atomic mass is 9.82. The number of rotatable bonds is 19. The number of amides is 2. The van der Waals surface area contributed by atoms with Crippen molar-refractivity contribution in [3.63, 3.8) is 0 Å². The molecule has 1 aliphatic heterocycles. The van der Waals surface area contributed by atoms with Gasteiger partial charge in [0.25, 0.3) is 0 Å². The lowest BCUT2D eigenvalue weighted by molar-refractivity contribution is -0.439. The first-order chi connectivity index (χ1) is 20.2. The van der Waals surface area contributed by atoms with E-state index in [0.29, 0.717) is 25.9 Å². The van der Waals surface area contributed by atoms with E-state index in [4.69, 9.17) is 15.1 Å². The summed E-state index contributed by atoms with van der Waals surface area (Å²) in [5.74, 6) is -0.782. The molecule has 0 radical (unpaired) electrons. The van der Waals surface area contributed by atoms with Crippen molar-refractivity contribution in [1.29, 1.82) is 0 Å². The molecule has 1 heterocycles. The lowest BCUT2D eigenvalue weighted by Gasteiger charge is -2.22. The zero-order valence-corrected chi connectivity index (χ0v) is 27.3. The van der Waals surface area contributed by atoms with Crippen molar-refractivity contribution >= 4 is 41.4 Å². The Morgan fingerprint density at radius 2 is 1.67 bits per heavy atom. The summed E-state index contributed by atoms with van der Waals surface area (Å²) in [4.78, 5) is 36.3. The Morgan fingerprint density at radius 1 is 1.00 bits per heavy atom. The van der Waals surface area contributed by atoms with Gasteiger partial charge in [-0.2, -0.15) is 4.58 Å². The predicted octanol–water partition coefficient (Wildman–Crippen LogP) is 6.36. The van der Waals surface area contributed by atoms with Crippen LogP contribution in [-0.2, 0) is 29.1 Å². The SMILES string of the molecule is CC1=[N+](CCCCCC(=O)NCC(CCCCCC(=O)O)CNC(=O)OC(C)(C)C)c2ccc(SOOO)cc2C1(C)C. The second kappa shape index (κ2) is 17.6. The third-order valence-corrected chi connectivity index (χ3v) is 8.29. The van der Waals surface area contributed by atoms with Crippen LogP contribution in [0.25, 0.3) is 0 Å². The number of carboxylic acid groups (broad SMARTS) is 1. The first kappa shape index (κ1) is 36.5. The van der Waals surface area contributed by atoms with Gasteiger partial charge in [0.05, 0.1) is 17.5 Å². The van der Waals surface area contributed by atoms with Gasteiger partial charge in [0, 0.05) is 55.8 Å². The van der Waals surface area contributed by atoms with Crippen molar-refractivity contribution in [2.75, 3.05) is 19.6 Å². The molecule has 2 rings (SSSR count). The van der Waals surface area contributed by atoms with Gasteiger partial charge in [-0.25, -0.2) is 10.1 Å². The Morgan fingerprint density at radius 3 is 2.35 bits per heavy atom. The molecule has 43 heavy (non-hydrogen) atoms. The van der Waals surface area contributed by atoms with Gasteiger partial charge in [0.1, 0.15) is 12.1 Å². The van der Waals surface area contributed by atoms with Crippen LogP contribution in [-0.4, -0.2) is 63.9 Å². The molecule has 1 unspecified atom stereocenters. The molecule has 0 fully saturated rings. The molecule has 0 aromatic heterocycles. The maximum atomic E-state index is 12.6. The van der Waals surface area contributed by atoms with E-state index in [1.165, 1.54) is 11.3 Å². The lowest BCUT2D eigenvalue weighted by Crippen LogP contribution is -2.39. The van der Waals surface area contributed by atoms with E-state index in [1.54, 1.807) is 20.8 Å². The Bertz CT molecular complexity index is 1120. The molecule has 1 aliphatic rings. The zero-order chi connectivity index (χ0) is 32.0. The second-order valence-corrected chi connectivity index (χ2v) is 13.4. The van der Waals surface area contributed by atoms with Gasteiger partial charge in [0.2, 0.25) is 11.6 Å². The Labute approximate surface area is 259 Å². The summed E-state index contributed by atoms with van der Waals surface area (Å²) in [6.07, 6.45) is 5.70. The normalized spacial score (nSPS) is 14.8. The molecule has 242 valence electrons. The van der Waals surface area contributed by atoms with E-state index in [0.717, 1.165) is 67.7 Å². The van der Waals surface area contributed by atoms with Gasteiger partial charge >= 0.3 is 12.1 Å². The minimum Gasteiger partial charge on any atom is -0.481 e. The van der Waals surface area contributed by atoms with Crippen molar-refractivity contribution < 1.29 is 43.4 Å². The smallest absolute Gasteiger partial charge is 0.407 e. The van der Waals surface area contributed by atoms with E-state index in [-0.39, 0.29) is 23.7 Å². The molecule has 0 saturated carbocycles. The number of nitrogens with one attached hydrogen (secondary N) is 2. The van der Waals surface area contributed by atoms with Crippen LogP contribution in [0.15, 0.2) is 23.1 Å². The monoisotopic (exact) mass is 624 g/mol. The van der Waals surface area contributed by atoms with Crippen LogP contribution in [0.5, 0.6) is 0 Å². The number of ether oxygens (including phenoxy) is 1. The van der Waals surface area contributed by atoms with Crippen LogP contribution in [0.1, 0.15) is 105 Å². The van der Waals surface area contributed by atoms with Crippen molar-refractivity contribution in [3.05, 3.63) is 23.8 Å². The number of carboxylic acids is 1. The number of aliphatic carboxylic acids is 1. The standard InChI is InChI=1S/C31H49N3O8S/c1-22-31(5,6)25-19-24(43-42-41-39)16-17-26(25)34(22)18-12-8-10-14-27(35)32-20-23(13-9-7-11-15-28(36)37)21-33-29(38)40-30(2,3)4/h16-17,19,23H,7-15,18,20-21H2,1-6H3,(H3-,32,33,35,36,37,38,39)/p+1. The third kappa shape index (κ3) is 12.8. The zero-order valence-electron chi connectivity index (χ0n) is 26.5. The number of benzene rings is 1. The number of fused-ring (bicyclic) bond motifs is 1. The van der Waals surface area contributed by atoms with Crippen LogP contribution in [0, 0.1) is 5.92 Å². The van der Waals surface area contributed by atoms with Crippen LogP contribution >= 0.6 is 12.0 Å². The highest BCUT2D eigenvalue weighted by Crippen LogP contribution is 2.41. The van der Waals surface area contributed by atoms with Crippen molar-refractivity contribution in [2.24, 2.45) is 5.92 Å². The van der Waals surface area contributed by atoms with E-state index in [1.807, 2.05) is 6.07 Å². The van der Waals surface area contributed by atoms with E-state index < -0.39 is 17.7 Å². The summed E-state index contributed by atoms with van der Waals surface area (Å²) in [5.41, 5.74) is 2.87.